The summed E-state index contributed by atoms with van der Waals surface area (Å²) in [5.74, 6) is 0. The summed E-state index contributed by atoms with van der Waals surface area (Å²) in [6, 6.07) is 0.594. The number of likely N-dealkylation sites (N-methyl/N-ethyl adjacent to an activating group) is 1. The van der Waals surface area contributed by atoms with Gasteiger partial charge in [0.2, 0.25) is 0 Å². The monoisotopic (exact) mass is 262 g/mol. The summed E-state index contributed by atoms with van der Waals surface area (Å²) < 4.78 is 25.1. The second-order valence-electron chi connectivity index (χ2n) is 6.37. The zero-order valence-electron chi connectivity index (χ0n) is 12.2. The molecule has 1 N–H and O–H groups in total. The number of nitrogens with one attached hydrogen (secondary N) is 1. The molecule has 0 aromatic carbocycles. The minimum absolute atomic E-state index is 0.120. The van der Waals surface area contributed by atoms with Crippen LogP contribution in [0.4, 0.5) is 8.78 Å². The summed E-state index contributed by atoms with van der Waals surface area (Å²) >= 11 is 0. The summed E-state index contributed by atoms with van der Waals surface area (Å²) in [5.41, 5.74) is 0.269. The minimum Gasteiger partial charge on any atom is -0.312 e. The molecule has 108 valence electrons. The molecule has 1 aliphatic rings. The molecule has 1 fully saturated rings. The van der Waals surface area contributed by atoms with Crippen LogP contribution < -0.4 is 5.32 Å². The van der Waals surface area contributed by atoms with Gasteiger partial charge in [0.25, 0.3) is 6.43 Å². The molecular formula is C14H28F2N2. The molecule has 0 aliphatic heterocycles. The zero-order valence-corrected chi connectivity index (χ0v) is 12.2. The van der Waals surface area contributed by atoms with Gasteiger partial charge in [0.05, 0.1) is 6.54 Å². The van der Waals surface area contributed by atoms with Crippen LogP contribution in [0.1, 0.15) is 46.5 Å². The number of rotatable bonds is 6. The third-order valence-corrected chi connectivity index (χ3v) is 4.01. The lowest BCUT2D eigenvalue weighted by atomic mass is 9.72. The van der Waals surface area contributed by atoms with Crippen molar-refractivity contribution >= 4 is 0 Å². The van der Waals surface area contributed by atoms with Gasteiger partial charge in [-0.3, -0.25) is 4.90 Å². The summed E-state index contributed by atoms with van der Waals surface area (Å²) in [4.78, 5) is 1.85. The van der Waals surface area contributed by atoms with Gasteiger partial charge in [-0.2, -0.15) is 0 Å². The van der Waals surface area contributed by atoms with Crippen molar-refractivity contribution in [3.05, 3.63) is 0 Å². The number of nitrogens with zero attached hydrogens (tertiary/aromatic N) is 1. The van der Waals surface area contributed by atoms with E-state index in [-0.39, 0.29) is 18.0 Å². The highest BCUT2D eigenvalue weighted by molar-refractivity contribution is 4.93. The first-order valence-electron chi connectivity index (χ1n) is 7.07. The predicted molar refractivity (Wildman–Crippen MR) is 72.1 cm³/mol. The van der Waals surface area contributed by atoms with Crippen LogP contribution in [0.2, 0.25) is 0 Å². The maximum atomic E-state index is 12.5. The van der Waals surface area contributed by atoms with E-state index in [9.17, 15) is 8.78 Å². The second-order valence-corrected chi connectivity index (χ2v) is 6.37. The van der Waals surface area contributed by atoms with E-state index in [2.05, 4.69) is 26.1 Å². The van der Waals surface area contributed by atoms with E-state index < -0.39 is 6.43 Å². The molecule has 0 bridgehead atoms. The van der Waals surface area contributed by atoms with Crippen molar-refractivity contribution in [1.29, 1.82) is 0 Å². The Kier molecular flexibility index (Phi) is 5.99. The van der Waals surface area contributed by atoms with Crippen LogP contribution >= 0.6 is 0 Å². The molecule has 0 saturated heterocycles. The van der Waals surface area contributed by atoms with E-state index in [1.165, 1.54) is 6.42 Å². The molecule has 18 heavy (non-hydrogen) atoms. The van der Waals surface area contributed by atoms with Crippen LogP contribution in [0.5, 0.6) is 0 Å². The van der Waals surface area contributed by atoms with Gasteiger partial charge in [-0.15, -0.1) is 0 Å². The van der Waals surface area contributed by atoms with Crippen LogP contribution in [0, 0.1) is 5.41 Å². The number of hydrogen-bond acceptors (Lipinski definition) is 2. The van der Waals surface area contributed by atoms with E-state index in [0.717, 1.165) is 25.8 Å². The van der Waals surface area contributed by atoms with E-state index in [4.69, 9.17) is 0 Å². The topological polar surface area (TPSA) is 15.3 Å². The van der Waals surface area contributed by atoms with Crippen molar-refractivity contribution in [1.82, 2.24) is 10.2 Å². The molecule has 1 rings (SSSR count). The predicted octanol–water partition coefficient (Wildman–Crippen LogP) is 3.13. The average molecular weight is 262 g/mol. The highest BCUT2D eigenvalue weighted by atomic mass is 19.3. The fraction of sp³-hybridized carbons (Fsp3) is 1.00. The molecule has 0 aromatic heterocycles. The number of alkyl halides is 2. The van der Waals surface area contributed by atoms with Crippen molar-refractivity contribution in [2.24, 2.45) is 5.41 Å². The SMILES string of the molecule is CCCNC1CCC(C)(C)CC1N(C)CC(F)F. The van der Waals surface area contributed by atoms with Gasteiger partial charge in [0.1, 0.15) is 0 Å². The Morgan fingerprint density at radius 1 is 1.39 bits per heavy atom. The first-order valence-corrected chi connectivity index (χ1v) is 7.07. The third-order valence-electron chi connectivity index (χ3n) is 4.01. The Morgan fingerprint density at radius 3 is 2.61 bits per heavy atom. The molecule has 0 amide bonds. The van der Waals surface area contributed by atoms with Gasteiger partial charge in [-0.1, -0.05) is 20.8 Å². The van der Waals surface area contributed by atoms with Crippen LogP contribution in [0.3, 0.4) is 0 Å². The van der Waals surface area contributed by atoms with Crippen LogP contribution in [0.15, 0.2) is 0 Å². The normalized spacial score (nSPS) is 28.0. The Morgan fingerprint density at radius 2 is 2.06 bits per heavy atom. The first kappa shape index (κ1) is 15.8. The van der Waals surface area contributed by atoms with Crippen molar-refractivity contribution in [2.45, 2.75) is 65.0 Å². The molecule has 0 heterocycles. The summed E-state index contributed by atoms with van der Waals surface area (Å²) in [5, 5.41) is 3.53. The minimum atomic E-state index is -2.24. The molecule has 0 radical (unpaired) electrons. The number of hydrogen-bond donors (Lipinski definition) is 1. The smallest absolute Gasteiger partial charge is 0.251 e. The van der Waals surface area contributed by atoms with Gasteiger partial charge >= 0.3 is 0 Å². The maximum absolute atomic E-state index is 12.5. The van der Waals surface area contributed by atoms with Crippen molar-refractivity contribution in [3.8, 4) is 0 Å². The second kappa shape index (κ2) is 6.80. The van der Waals surface area contributed by atoms with Crippen LogP contribution in [-0.2, 0) is 0 Å². The van der Waals surface area contributed by atoms with Crippen molar-refractivity contribution in [3.63, 3.8) is 0 Å². The Balaban J connectivity index is 2.64. The molecule has 4 heteroatoms. The van der Waals surface area contributed by atoms with Crippen LogP contribution in [-0.4, -0.2) is 43.5 Å². The Labute approximate surface area is 110 Å². The lowest BCUT2D eigenvalue weighted by molar-refractivity contribution is 0.0333. The van der Waals surface area contributed by atoms with Gasteiger partial charge in [0, 0.05) is 12.1 Å². The summed E-state index contributed by atoms with van der Waals surface area (Å²) in [6.45, 7) is 7.48. The van der Waals surface area contributed by atoms with Crippen molar-refractivity contribution < 1.29 is 8.78 Å². The maximum Gasteiger partial charge on any atom is 0.251 e. The quantitative estimate of drug-likeness (QED) is 0.791. The van der Waals surface area contributed by atoms with Crippen molar-refractivity contribution in [2.75, 3.05) is 20.1 Å². The fourth-order valence-electron chi connectivity index (χ4n) is 2.93. The molecule has 2 atom stereocenters. The van der Waals surface area contributed by atoms with E-state index in [0.29, 0.717) is 6.04 Å². The molecule has 1 aliphatic carbocycles. The van der Waals surface area contributed by atoms with E-state index >= 15 is 0 Å². The van der Waals surface area contributed by atoms with Gasteiger partial charge in [0.15, 0.2) is 0 Å². The molecule has 0 aromatic rings. The van der Waals surface area contributed by atoms with E-state index in [1.54, 1.807) is 0 Å². The lowest BCUT2D eigenvalue weighted by Crippen LogP contribution is -2.54. The lowest BCUT2D eigenvalue weighted by Gasteiger charge is -2.45. The van der Waals surface area contributed by atoms with Gasteiger partial charge in [-0.25, -0.2) is 8.78 Å². The third kappa shape index (κ3) is 4.81. The molecule has 1 saturated carbocycles. The zero-order chi connectivity index (χ0) is 13.8. The Hall–Kier alpha value is -0.220. The fourth-order valence-corrected chi connectivity index (χ4v) is 2.93. The van der Waals surface area contributed by atoms with E-state index in [1.807, 2.05) is 11.9 Å². The van der Waals surface area contributed by atoms with Crippen LogP contribution in [0.25, 0.3) is 0 Å². The Bertz CT molecular complexity index is 244. The highest BCUT2D eigenvalue weighted by Gasteiger charge is 2.37. The summed E-state index contributed by atoms with van der Waals surface area (Å²) in [7, 11) is 1.83. The standard InChI is InChI=1S/C14H28F2N2/c1-5-8-17-11-6-7-14(2,3)9-12(11)18(4)10-13(15)16/h11-13,17H,5-10H2,1-4H3. The van der Waals surface area contributed by atoms with Gasteiger partial charge in [-0.05, 0) is 44.7 Å². The molecular weight excluding hydrogens is 234 g/mol. The van der Waals surface area contributed by atoms with Gasteiger partial charge < -0.3 is 5.32 Å². The molecule has 2 unspecified atom stereocenters. The molecule has 0 spiro atoms. The largest absolute Gasteiger partial charge is 0.312 e. The first-order chi connectivity index (χ1) is 8.35. The number of halogens is 2. The average Bonchev–Trinajstić information content (AvgIpc) is 2.25. The highest BCUT2D eigenvalue weighted by Crippen LogP contribution is 2.37. The molecule has 2 nitrogen and oxygen atoms in total. The summed E-state index contributed by atoms with van der Waals surface area (Å²) in [6.07, 6.45) is 2.10.